The summed E-state index contributed by atoms with van der Waals surface area (Å²) in [6.45, 7) is 0. The molecule has 0 fully saturated rings. The molecule has 0 spiro atoms. The number of hydrogen-bond donors (Lipinski definition) is 2. The van der Waals surface area contributed by atoms with Gasteiger partial charge in [-0.15, -0.1) is 0 Å². The molecule has 0 aliphatic rings. The lowest BCUT2D eigenvalue weighted by molar-refractivity contribution is -0.384. The quantitative estimate of drug-likeness (QED) is 0.486. The molecule has 8 heteroatoms. The van der Waals surface area contributed by atoms with Crippen LogP contribution in [0.4, 0.5) is 21.9 Å². The van der Waals surface area contributed by atoms with Crippen molar-refractivity contribution in [1.29, 1.82) is 5.26 Å². The van der Waals surface area contributed by atoms with E-state index < -0.39 is 11.0 Å². The van der Waals surface area contributed by atoms with E-state index in [0.717, 1.165) is 0 Å². The summed E-state index contributed by atoms with van der Waals surface area (Å²) in [7, 11) is 0. The molecule has 0 saturated heterocycles. The van der Waals surface area contributed by atoms with Gasteiger partial charge in [-0.05, 0) is 42.5 Å². The van der Waals surface area contributed by atoms with Crippen LogP contribution in [0.2, 0.25) is 0 Å². The lowest BCUT2D eigenvalue weighted by Gasteiger charge is -2.10. The van der Waals surface area contributed by atoms with Gasteiger partial charge in [0.1, 0.15) is 11.5 Å². The van der Waals surface area contributed by atoms with Crippen molar-refractivity contribution in [3.8, 4) is 17.6 Å². The van der Waals surface area contributed by atoms with Gasteiger partial charge in [-0.2, -0.15) is 5.26 Å². The van der Waals surface area contributed by atoms with E-state index in [-0.39, 0.29) is 5.69 Å². The number of nitrogens with zero attached hydrogens (tertiary/aromatic N) is 2. The maximum Gasteiger partial charge on any atom is 0.323 e. The summed E-state index contributed by atoms with van der Waals surface area (Å²) in [4.78, 5) is 22.4. The minimum atomic E-state index is -0.545. The van der Waals surface area contributed by atoms with E-state index >= 15 is 0 Å². The number of nitriles is 1. The van der Waals surface area contributed by atoms with Crippen LogP contribution in [0.1, 0.15) is 5.56 Å². The largest absolute Gasteiger partial charge is 0.457 e. The van der Waals surface area contributed by atoms with Gasteiger partial charge in [0.15, 0.2) is 0 Å². The molecule has 0 aromatic heterocycles. The molecule has 0 atom stereocenters. The Morgan fingerprint density at radius 3 is 2.21 bits per heavy atom. The van der Waals surface area contributed by atoms with Gasteiger partial charge in [-0.3, -0.25) is 10.1 Å². The third kappa shape index (κ3) is 4.83. The van der Waals surface area contributed by atoms with Gasteiger partial charge >= 0.3 is 6.03 Å². The van der Waals surface area contributed by atoms with Gasteiger partial charge < -0.3 is 15.4 Å². The molecule has 28 heavy (non-hydrogen) atoms. The molecule has 0 bridgehead atoms. The number of amides is 2. The van der Waals surface area contributed by atoms with E-state index in [0.29, 0.717) is 28.4 Å². The molecule has 0 unspecified atom stereocenters. The Bertz CT molecular complexity index is 1060. The number of non-ortho nitro benzene ring substituents is 1. The Hall–Kier alpha value is -4.38. The van der Waals surface area contributed by atoms with Crippen LogP contribution in [0.5, 0.6) is 11.5 Å². The number of rotatable bonds is 5. The molecule has 2 N–H and O–H groups in total. The predicted octanol–water partition coefficient (Wildman–Crippen LogP) is 4.90. The van der Waals surface area contributed by atoms with Crippen molar-refractivity contribution in [2.24, 2.45) is 0 Å². The summed E-state index contributed by atoms with van der Waals surface area (Å²) in [5.74, 6) is 1.05. The Kier molecular flexibility index (Phi) is 5.48. The summed E-state index contributed by atoms with van der Waals surface area (Å²) in [5, 5.41) is 24.8. The Balaban J connectivity index is 1.65. The number of anilines is 2. The lowest BCUT2D eigenvalue weighted by atomic mass is 10.2. The summed E-state index contributed by atoms with van der Waals surface area (Å²) in [6, 6.07) is 20.5. The second-order valence-electron chi connectivity index (χ2n) is 5.65. The highest BCUT2D eigenvalue weighted by Gasteiger charge is 2.09. The Morgan fingerprint density at radius 2 is 1.57 bits per heavy atom. The average Bonchev–Trinajstić information content (AvgIpc) is 2.69. The van der Waals surface area contributed by atoms with Crippen molar-refractivity contribution >= 4 is 23.1 Å². The van der Waals surface area contributed by atoms with Gasteiger partial charge in [-0.1, -0.05) is 12.1 Å². The van der Waals surface area contributed by atoms with Crippen LogP contribution in [0, 0.1) is 21.4 Å². The number of hydrogen-bond acceptors (Lipinski definition) is 5. The number of nitro benzene ring substituents is 1. The van der Waals surface area contributed by atoms with Gasteiger partial charge in [0.05, 0.1) is 16.6 Å². The van der Waals surface area contributed by atoms with Crippen LogP contribution in [-0.4, -0.2) is 11.0 Å². The highest BCUT2D eigenvalue weighted by molar-refractivity contribution is 6.00. The molecule has 0 saturated carbocycles. The van der Waals surface area contributed by atoms with Crippen molar-refractivity contribution in [1.82, 2.24) is 0 Å². The van der Waals surface area contributed by atoms with Gasteiger partial charge in [0.2, 0.25) is 0 Å². The topological polar surface area (TPSA) is 117 Å². The predicted molar refractivity (Wildman–Crippen MR) is 103 cm³/mol. The SMILES string of the molecule is N#Cc1ccc(Oc2cccc(NC(=O)Nc3cccc([N+](=O)[O-])c3)c2)cc1. The number of nitro groups is 1. The zero-order valence-electron chi connectivity index (χ0n) is 14.5. The summed E-state index contributed by atoms with van der Waals surface area (Å²) in [5.41, 5.74) is 1.20. The van der Waals surface area contributed by atoms with Crippen molar-refractivity contribution in [3.05, 3.63) is 88.5 Å². The number of urea groups is 1. The van der Waals surface area contributed by atoms with Crippen molar-refractivity contribution < 1.29 is 14.5 Å². The first kappa shape index (κ1) is 18.4. The standard InChI is InChI=1S/C20H14N4O4/c21-13-14-7-9-18(10-8-14)28-19-6-2-4-16(12-19)23-20(25)22-15-3-1-5-17(11-15)24(26)27/h1-12H,(H2,22,23,25). The molecule has 0 radical (unpaired) electrons. The normalized spacial score (nSPS) is 9.82. The number of benzene rings is 3. The molecule has 8 nitrogen and oxygen atoms in total. The van der Waals surface area contributed by atoms with Crippen LogP contribution in [0.15, 0.2) is 72.8 Å². The van der Waals surface area contributed by atoms with Crippen LogP contribution >= 0.6 is 0 Å². The second-order valence-corrected chi connectivity index (χ2v) is 5.65. The van der Waals surface area contributed by atoms with E-state index in [4.69, 9.17) is 10.00 Å². The first-order valence-electron chi connectivity index (χ1n) is 8.14. The maximum atomic E-state index is 12.1. The number of carbonyl (C=O) groups excluding carboxylic acids is 1. The fourth-order valence-electron chi connectivity index (χ4n) is 2.36. The average molecular weight is 374 g/mol. The number of ether oxygens (including phenoxy) is 1. The minimum Gasteiger partial charge on any atom is -0.457 e. The fraction of sp³-hybridized carbons (Fsp3) is 0. The lowest BCUT2D eigenvalue weighted by Crippen LogP contribution is -2.19. The Labute approximate surface area is 160 Å². The molecule has 2 amide bonds. The minimum absolute atomic E-state index is 0.115. The second kappa shape index (κ2) is 8.33. The molecular weight excluding hydrogens is 360 g/mol. The molecular formula is C20H14N4O4. The van der Waals surface area contributed by atoms with Gasteiger partial charge in [0, 0.05) is 29.6 Å². The van der Waals surface area contributed by atoms with Crippen LogP contribution < -0.4 is 15.4 Å². The molecule has 0 aliphatic carbocycles. The summed E-state index contributed by atoms with van der Waals surface area (Å²) >= 11 is 0. The monoisotopic (exact) mass is 374 g/mol. The molecule has 0 aliphatic heterocycles. The van der Waals surface area contributed by atoms with Crippen molar-refractivity contribution in [2.45, 2.75) is 0 Å². The van der Waals surface area contributed by atoms with E-state index in [9.17, 15) is 14.9 Å². The molecule has 3 rings (SSSR count). The van der Waals surface area contributed by atoms with Crippen LogP contribution in [-0.2, 0) is 0 Å². The van der Waals surface area contributed by atoms with E-state index in [2.05, 4.69) is 10.6 Å². The molecule has 3 aromatic rings. The molecule has 3 aromatic carbocycles. The first-order chi connectivity index (χ1) is 13.5. The highest BCUT2D eigenvalue weighted by atomic mass is 16.6. The zero-order chi connectivity index (χ0) is 19.9. The van der Waals surface area contributed by atoms with E-state index in [1.807, 2.05) is 6.07 Å². The molecule has 0 heterocycles. The van der Waals surface area contributed by atoms with E-state index in [1.165, 1.54) is 18.2 Å². The summed E-state index contributed by atoms with van der Waals surface area (Å²) in [6.07, 6.45) is 0. The van der Waals surface area contributed by atoms with E-state index in [1.54, 1.807) is 54.6 Å². The first-order valence-corrected chi connectivity index (χ1v) is 8.14. The zero-order valence-corrected chi connectivity index (χ0v) is 14.5. The van der Waals surface area contributed by atoms with Crippen molar-refractivity contribution in [2.75, 3.05) is 10.6 Å². The smallest absolute Gasteiger partial charge is 0.323 e. The Morgan fingerprint density at radius 1 is 0.929 bits per heavy atom. The summed E-state index contributed by atoms with van der Waals surface area (Å²) < 4.78 is 5.70. The van der Waals surface area contributed by atoms with Gasteiger partial charge in [-0.25, -0.2) is 4.79 Å². The maximum absolute atomic E-state index is 12.1. The van der Waals surface area contributed by atoms with Gasteiger partial charge in [0.25, 0.3) is 5.69 Å². The number of carbonyl (C=O) groups is 1. The third-order valence-electron chi connectivity index (χ3n) is 3.63. The molecule has 138 valence electrons. The fourth-order valence-corrected chi connectivity index (χ4v) is 2.36. The highest BCUT2D eigenvalue weighted by Crippen LogP contribution is 2.24. The number of nitrogens with one attached hydrogen (secondary N) is 2. The third-order valence-corrected chi connectivity index (χ3v) is 3.63. The van der Waals surface area contributed by atoms with Crippen LogP contribution in [0.25, 0.3) is 0 Å². The van der Waals surface area contributed by atoms with Crippen molar-refractivity contribution in [3.63, 3.8) is 0 Å². The van der Waals surface area contributed by atoms with Crippen LogP contribution in [0.3, 0.4) is 0 Å².